The molecule has 2 bridgehead atoms. The van der Waals surface area contributed by atoms with Crippen LogP contribution in [0, 0.1) is 23.2 Å². The molecule has 270 valence electrons. The number of carbonyl (C=O) groups is 3. The molecule has 9 nitrogen and oxygen atoms in total. The first kappa shape index (κ1) is 36.8. The monoisotopic (exact) mass is 685 g/mol. The van der Waals surface area contributed by atoms with Gasteiger partial charge in [-0.3, -0.25) is 9.59 Å². The lowest BCUT2D eigenvalue weighted by Gasteiger charge is -2.37. The largest absolute Gasteiger partial charge is 0.497 e. The Bertz CT molecular complexity index is 1520. The standard InChI is InChI=1S/C38H53F2N3O6/c1-8-26-30-21-43(31(26)32(44)22(2)3)35(45)33(37(4,5)6)42-36(46)49-29-15-10-9-13-23(29)14-11-12-18-38(39,40)27-19-24-16-17-25(47-7)20-28(24)41-34(27)48-30/h16-17,19-20,22-23,26,29-31,33H,8-15,18,21H2,1-7H3,(H,42,46). The summed E-state index contributed by atoms with van der Waals surface area (Å²) in [6.45, 7) is 11.0. The van der Waals surface area contributed by atoms with E-state index in [0.717, 1.165) is 19.3 Å². The first-order valence-corrected chi connectivity index (χ1v) is 18.0. The van der Waals surface area contributed by atoms with Crippen LogP contribution in [0.4, 0.5) is 13.6 Å². The maximum absolute atomic E-state index is 16.3. The van der Waals surface area contributed by atoms with E-state index in [2.05, 4.69) is 10.3 Å². The number of halogens is 2. The quantitative estimate of drug-likeness (QED) is 0.350. The number of hydrogen-bond donors (Lipinski definition) is 1. The number of alkyl carbamates (subject to hydrolysis) is 1. The zero-order valence-electron chi connectivity index (χ0n) is 30.0. The Kier molecular flexibility index (Phi) is 11.1. The molecule has 6 atom stereocenters. The van der Waals surface area contributed by atoms with Gasteiger partial charge in [0.1, 0.15) is 24.0 Å². The highest BCUT2D eigenvalue weighted by molar-refractivity contribution is 5.94. The summed E-state index contributed by atoms with van der Waals surface area (Å²) in [5.41, 5.74) is -0.608. The molecular weight excluding hydrogens is 632 g/mol. The minimum atomic E-state index is -3.26. The molecule has 3 aliphatic rings. The topological polar surface area (TPSA) is 107 Å². The number of nitrogens with zero attached hydrogens (tertiary/aromatic N) is 2. The summed E-state index contributed by atoms with van der Waals surface area (Å²) in [6.07, 6.45) is 3.10. The highest BCUT2D eigenvalue weighted by Crippen LogP contribution is 2.43. The summed E-state index contributed by atoms with van der Waals surface area (Å²) >= 11 is 0. The van der Waals surface area contributed by atoms with E-state index in [-0.39, 0.29) is 42.2 Å². The maximum Gasteiger partial charge on any atom is 0.408 e. The molecule has 2 fully saturated rings. The molecular formula is C38H53F2N3O6. The predicted octanol–water partition coefficient (Wildman–Crippen LogP) is 7.82. The Morgan fingerprint density at radius 3 is 2.41 bits per heavy atom. The van der Waals surface area contributed by atoms with E-state index in [0.29, 0.717) is 42.3 Å². The Balaban J connectivity index is 1.63. The van der Waals surface area contributed by atoms with Crippen LogP contribution < -0.4 is 14.8 Å². The normalized spacial score (nSPS) is 28.4. The zero-order chi connectivity index (χ0) is 35.7. The SMILES string of the molecule is CCC1C2CN(C(=O)C(C(C)(C)C)NC(=O)OC3CCCCC3CCCCC(F)(F)c3cc4ccc(OC)cc4nc3O2)C1C(=O)C(C)C. The highest BCUT2D eigenvalue weighted by atomic mass is 19.3. The second-order valence-electron chi connectivity index (χ2n) is 15.5. The minimum absolute atomic E-state index is 0.0304. The number of ketones is 1. The van der Waals surface area contributed by atoms with Gasteiger partial charge in [0.05, 0.1) is 30.8 Å². The van der Waals surface area contributed by atoms with E-state index in [1.807, 2.05) is 27.7 Å². The smallest absolute Gasteiger partial charge is 0.408 e. The van der Waals surface area contributed by atoms with Gasteiger partial charge in [0.15, 0.2) is 5.78 Å². The van der Waals surface area contributed by atoms with Crippen LogP contribution in [0.25, 0.3) is 10.9 Å². The highest BCUT2D eigenvalue weighted by Gasteiger charge is 2.52. The number of ether oxygens (including phenoxy) is 3. The lowest BCUT2D eigenvalue weighted by molar-refractivity contribution is -0.143. The second kappa shape index (κ2) is 14.8. The number of nitrogens with one attached hydrogen (secondary N) is 1. The van der Waals surface area contributed by atoms with Crippen molar-refractivity contribution in [2.45, 2.75) is 130 Å². The number of carbonyl (C=O) groups excluding carboxylic acids is 3. The van der Waals surface area contributed by atoms with Crippen molar-refractivity contribution in [2.75, 3.05) is 13.7 Å². The van der Waals surface area contributed by atoms with Crippen molar-refractivity contribution in [3.63, 3.8) is 0 Å². The van der Waals surface area contributed by atoms with E-state index in [4.69, 9.17) is 14.2 Å². The zero-order valence-corrected chi connectivity index (χ0v) is 30.0. The van der Waals surface area contributed by atoms with Gasteiger partial charge in [-0.2, -0.15) is 0 Å². The van der Waals surface area contributed by atoms with Crippen molar-refractivity contribution in [3.05, 3.63) is 29.8 Å². The molecule has 1 aromatic carbocycles. The molecule has 1 aromatic heterocycles. The average molecular weight is 686 g/mol. The van der Waals surface area contributed by atoms with Crippen LogP contribution in [0.15, 0.2) is 24.3 Å². The summed E-state index contributed by atoms with van der Waals surface area (Å²) < 4.78 is 50.5. The van der Waals surface area contributed by atoms with Crippen LogP contribution in [-0.4, -0.2) is 65.6 Å². The van der Waals surface area contributed by atoms with Crippen molar-refractivity contribution in [2.24, 2.45) is 23.2 Å². The lowest BCUT2D eigenvalue weighted by atomic mass is 9.82. The summed E-state index contributed by atoms with van der Waals surface area (Å²) in [4.78, 5) is 48.0. The maximum atomic E-state index is 16.3. The Hall–Kier alpha value is -3.50. The van der Waals surface area contributed by atoms with Crippen molar-refractivity contribution < 1.29 is 37.4 Å². The fraction of sp³-hybridized carbons (Fsp3) is 0.684. The van der Waals surface area contributed by atoms with Crippen molar-refractivity contribution >= 4 is 28.7 Å². The predicted molar refractivity (Wildman–Crippen MR) is 183 cm³/mol. The number of methoxy groups -OCH3 is 1. The Labute approximate surface area is 288 Å². The number of rotatable bonds is 4. The van der Waals surface area contributed by atoms with E-state index in [1.54, 1.807) is 32.0 Å². The third-order valence-corrected chi connectivity index (χ3v) is 10.6. The van der Waals surface area contributed by atoms with Crippen molar-refractivity contribution in [1.29, 1.82) is 0 Å². The number of pyridine rings is 1. The van der Waals surface area contributed by atoms with E-state index in [1.165, 1.54) is 18.1 Å². The van der Waals surface area contributed by atoms with Crippen LogP contribution in [0.5, 0.6) is 11.6 Å². The molecule has 1 saturated heterocycles. The van der Waals surface area contributed by atoms with Crippen LogP contribution in [0.3, 0.4) is 0 Å². The van der Waals surface area contributed by atoms with Gasteiger partial charge in [0.2, 0.25) is 11.8 Å². The molecule has 0 radical (unpaired) electrons. The molecule has 5 rings (SSSR count). The molecule has 3 heterocycles. The summed E-state index contributed by atoms with van der Waals surface area (Å²) in [7, 11) is 1.52. The number of fused-ring (bicyclic) bond motifs is 5. The number of hydrogen-bond acceptors (Lipinski definition) is 7. The number of Topliss-reactive ketones (excluding diaryl/α,β-unsaturated/α-hetero) is 1. The second-order valence-corrected chi connectivity index (χ2v) is 15.5. The Morgan fingerprint density at radius 2 is 1.76 bits per heavy atom. The van der Waals surface area contributed by atoms with E-state index >= 15 is 8.78 Å². The first-order chi connectivity index (χ1) is 23.1. The number of amides is 2. The lowest BCUT2D eigenvalue weighted by Crippen LogP contribution is -2.58. The number of benzene rings is 1. The number of aromatic nitrogens is 1. The average Bonchev–Trinajstić information content (AvgIpc) is 3.41. The van der Waals surface area contributed by atoms with Crippen molar-refractivity contribution in [3.8, 4) is 11.6 Å². The molecule has 49 heavy (non-hydrogen) atoms. The van der Waals surface area contributed by atoms with E-state index < -0.39 is 59.8 Å². The van der Waals surface area contributed by atoms with Gasteiger partial charge in [0.25, 0.3) is 5.92 Å². The van der Waals surface area contributed by atoms with E-state index in [9.17, 15) is 14.4 Å². The van der Waals surface area contributed by atoms with Crippen molar-refractivity contribution in [1.82, 2.24) is 15.2 Å². The fourth-order valence-corrected chi connectivity index (χ4v) is 7.82. The molecule has 1 N–H and O–H groups in total. The molecule has 11 heteroatoms. The van der Waals surface area contributed by atoms with Gasteiger partial charge in [-0.15, -0.1) is 0 Å². The molecule has 6 unspecified atom stereocenters. The summed E-state index contributed by atoms with van der Waals surface area (Å²) in [5.74, 6) is -4.39. The summed E-state index contributed by atoms with van der Waals surface area (Å²) in [5, 5.41) is 3.40. The van der Waals surface area contributed by atoms with Gasteiger partial charge in [-0.1, -0.05) is 54.4 Å². The number of alkyl halides is 2. The molecule has 2 aromatic rings. The van der Waals surface area contributed by atoms with Crippen LogP contribution >= 0.6 is 0 Å². The van der Waals surface area contributed by atoms with Gasteiger partial charge in [0, 0.05) is 29.7 Å². The fourth-order valence-electron chi connectivity index (χ4n) is 7.82. The minimum Gasteiger partial charge on any atom is -0.497 e. The van der Waals surface area contributed by atoms with Gasteiger partial charge in [-0.25, -0.2) is 18.6 Å². The Morgan fingerprint density at radius 1 is 1.06 bits per heavy atom. The van der Waals surface area contributed by atoms with Gasteiger partial charge in [-0.05, 0) is 68.1 Å². The molecule has 1 aliphatic carbocycles. The molecule has 2 amide bonds. The van der Waals surface area contributed by atoms with Crippen LogP contribution in [0.2, 0.25) is 0 Å². The van der Waals surface area contributed by atoms with Crippen LogP contribution in [0.1, 0.15) is 105 Å². The first-order valence-electron chi connectivity index (χ1n) is 18.0. The molecule has 1 saturated carbocycles. The third kappa shape index (κ3) is 7.96. The molecule has 2 aliphatic heterocycles. The third-order valence-electron chi connectivity index (χ3n) is 10.6. The van der Waals surface area contributed by atoms with Gasteiger partial charge >= 0.3 is 6.09 Å². The summed E-state index contributed by atoms with van der Waals surface area (Å²) in [6, 6.07) is 4.65. The molecule has 0 spiro atoms. The van der Waals surface area contributed by atoms with Gasteiger partial charge < -0.3 is 24.4 Å². The van der Waals surface area contributed by atoms with Crippen LogP contribution in [-0.2, 0) is 20.2 Å².